The predicted molar refractivity (Wildman–Crippen MR) is 91.7 cm³/mol. The number of hydrogen-bond donors (Lipinski definition) is 2. The van der Waals surface area contributed by atoms with Gasteiger partial charge in [-0.1, -0.05) is 25.1 Å². The molecule has 2 aliphatic rings. The Morgan fingerprint density at radius 1 is 1.30 bits per heavy atom. The number of para-hydroxylation sites is 1. The van der Waals surface area contributed by atoms with Crippen molar-refractivity contribution in [2.45, 2.75) is 38.5 Å². The lowest BCUT2D eigenvalue weighted by molar-refractivity contribution is -0.122. The van der Waals surface area contributed by atoms with Crippen molar-refractivity contribution < 1.29 is 9.53 Å². The number of ether oxygens (including phenoxy) is 1. The molecule has 1 fully saturated rings. The molecule has 1 aromatic carbocycles. The number of rotatable bonds is 5. The average molecular weight is 316 g/mol. The van der Waals surface area contributed by atoms with Crippen LogP contribution < -0.4 is 15.4 Å². The van der Waals surface area contributed by atoms with Crippen LogP contribution >= 0.6 is 0 Å². The summed E-state index contributed by atoms with van der Waals surface area (Å²) >= 11 is 0. The molecule has 2 unspecified atom stereocenters. The number of amides is 1. The van der Waals surface area contributed by atoms with E-state index in [1.54, 1.807) is 0 Å². The SMILES string of the molecule is CC(CC(=O)NCC1CCOc2ccccc21)C1CCNCC1. The fourth-order valence-corrected chi connectivity index (χ4v) is 3.81. The maximum absolute atomic E-state index is 12.3. The molecule has 0 aliphatic carbocycles. The molecule has 23 heavy (non-hydrogen) atoms. The van der Waals surface area contributed by atoms with Crippen LogP contribution in [0.2, 0.25) is 0 Å². The average Bonchev–Trinajstić information content (AvgIpc) is 2.60. The van der Waals surface area contributed by atoms with Crippen molar-refractivity contribution in [3.63, 3.8) is 0 Å². The summed E-state index contributed by atoms with van der Waals surface area (Å²) in [7, 11) is 0. The van der Waals surface area contributed by atoms with Crippen LogP contribution in [0, 0.1) is 11.8 Å². The first-order valence-corrected chi connectivity index (χ1v) is 8.93. The zero-order valence-electron chi connectivity index (χ0n) is 14.0. The van der Waals surface area contributed by atoms with Crippen LogP contribution in [0.5, 0.6) is 5.75 Å². The summed E-state index contributed by atoms with van der Waals surface area (Å²) in [4.78, 5) is 12.3. The van der Waals surface area contributed by atoms with Gasteiger partial charge in [-0.25, -0.2) is 0 Å². The van der Waals surface area contributed by atoms with Crippen molar-refractivity contribution in [1.82, 2.24) is 10.6 Å². The molecule has 1 amide bonds. The van der Waals surface area contributed by atoms with E-state index in [4.69, 9.17) is 4.74 Å². The van der Waals surface area contributed by atoms with Crippen molar-refractivity contribution in [1.29, 1.82) is 0 Å². The third-order valence-corrected chi connectivity index (χ3v) is 5.32. The summed E-state index contributed by atoms with van der Waals surface area (Å²) in [5.74, 6) is 2.70. The molecule has 0 radical (unpaired) electrons. The minimum Gasteiger partial charge on any atom is -0.493 e. The largest absolute Gasteiger partial charge is 0.493 e. The van der Waals surface area contributed by atoms with Gasteiger partial charge in [-0.3, -0.25) is 4.79 Å². The van der Waals surface area contributed by atoms with Gasteiger partial charge >= 0.3 is 0 Å². The third-order valence-electron chi connectivity index (χ3n) is 5.32. The number of carbonyl (C=O) groups is 1. The first kappa shape index (κ1) is 16.3. The Bertz CT molecular complexity index is 526. The summed E-state index contributed by atoms with van der Waals surface area (Å²) in [6.45, 7) is 5.87. The van der Waals surface area contributed by atoms with Gasteiger partial charge in [-0.15, -0.1) is 0 Å². The van der Waals surface area contributed by atoms with E-state index in [0.717, 1.165) is 38.4 Å². The first-order valence-electron chi connectivity index (χ1n) is 8.93. The second kappa shape index (κ2) is 7.82. The summed E-state index contributed by atoms with van der Waals surface area (Å²) < 4.78 is 5.69. The first-order chi connectivity index (χ1) is 11.2. The predicted octanol–water partition coefficient (Wildman–Crippen LogP) is 2.69. The molecule has 1 aromatic rings. The molecular weight excluding hydrogens is 288 g/mol. The summed E-state index contributed by atoms with van der Waals surface area (Å²) in [6.07, 6.45) is 4.01. The smallest absolute Gasteiger partial charge is 0.220 e. The minimum atomic E-state index is 0.194. The molecular formula is C19H28N2O2. The Morgan fingerprint density at radius 3 is 2.91 bits per heavy atom. The molecule has 0 aromatic heterocycles. The molecule has 4 nitrogen and oxygen atoms in total. The topological polar surface area (TPSA) is 50.4 Å². The van der Waals surface area contributed by atoms with Crippen molar-refractivity contribution >= 4 is 5.91 Å². The van der Waals surface area contributed by atoms with Crippen molar-refractivity contribution in [2.75, 3.05) is 26.2 Å². The lowest BCUT2D eigenvalue weighted by Gasteiger charge is -2.29. The maximum Gasteiger partial charge on any atom is 0.220 e. The molecule has 126 valence electrons. The molecule has 1 saturated heterocycles. The van der Waals surface area contributed by atoms with E-state index < -0.39 is 0 Å². The minimum absolute atomic E-state index is 0.194. The highest BCUT2D eigenvalue weighted by molar-refractivity contribution is 5.76. The fraction of sp³-hybridized carbons (Fsp3) is 0.632. The van der Waals surface area contributed by atoms with Crippen molar-refractivity contribution in [2.24, 2.45) is 11.8 Å². The van der Waals surface area contributed by atoms with Crippen molar-refractivity contribution in [3.05, 3.63) is 29.8 Å². The van der Waals surface area contributed by atoms with Gasteiger partial charge in [0.05, 0.1) is 6.61 Å². The van der Waals surface area contributed by atoms with Crippen LogP contribution in [0.25, 0.3) is 0 Å². The second-order valence-corrected chi connectivity index (χ2v) is 6.94. The Hall–Kier alpha value is -1.55. The maximum atomic E-state index is 12.3. The zero-order valence-corrected chi connectivity index (χ0v) is 14.0. The number of fused-ring (bicyclic) bond motifs is 1. The van der Waals surface area contributed by atoms with Crippen LogP contribution in [0.4, 0.5) is 0 Å². The van der Waals surface area contributed by atoms with E-state index in [2.05, 4.69) is 23.6 Å². The third kappa shape index (κ3) is 4.25. The van der Waals surface area contributed by atoms with E-state index in [1.165, 1.54) is 18.4 Å². The number of benzene rings is 1. The zero-order chi connectivity index (χ0) is 16.1. The van der Waals surface area contributed by atoms with E-state index in [1.807, 2.05) is 18.2 Å². The number of hydrogen-bond acceptors (Lipinski definition) is 3. The van der Waals surface area contributed by atoms with Gasteiger partial charge in [0, 0.05) is 18.9 Å². The Kier molecular flexibility index (Phi) is 5.55. The quantitative estimate of drug-likeness (QED) is 0.878. The Balaban J connectivity index is 1.48. The second-order valence-electron chi connectivity index (χ2n) is 6.94. The highest BCUT2D eigenvalue weighted by Gasteiger charge is 2.24. The molecule has 2 heterocycles. The Morgan fingerprint density at radius 2 is 2.09 bits per heavy atom. The highest BCUT2D eigenvalue weighted by atomic mass is 16.5. The standard InChI is InChI=1S/C19H28N2O2/c1-14(15-6-9-20-10-7-15)12-19(22)21-13-16-8-11-23-18-5-3-2-4-17(16)18/h2-5,14-16,20H,6-13H2,1H3,(H,21,22). The molecule has 3 rings (SSSR count). The number of nitrogens with one attached hydrogen (secondary N) is 2. The van der Waals surface area contributed by atoms with E-state index in [0.29, 0.717) is 24.2 Å². The van der Waals surface area contributed by atoms with Crippen LogP contribution in [-0.4, -0.2) is 32.1 Å². The van der Waals surface area contributed by atoms with Gasteiger partial charge in [0.1, 0.15) is 5.75 Å². The van der Waals surface area contributed by atoms with Gasteiger partial charge in [-0.05, 0) is 55.8 Å². The van der Waals surface area contributed by atoms with E-state index in [-0.39, 0.29) is 5.91 Å². The fourth-order valence-electron chi connectivity index (χ4n) is 3.81. The number of carbonyl (C=O) groups excluding carboxylic acids is 1. The lowest BCUT2D eigenvalue weighted by atomic mass is 9.84. The van der Waals surface area contributed by atoms with Gasteiger partial charge in [-0.2, -0.15) is 0 Å². The van der Waals surface area contributed by atoms with Crippen LogP contribution in [0.1, 0.15) is 44.1 Å². The monoisotopic (exact) mass is 316 g/mol. The summed E-state index contributed by atoms with van der Waals surface area (Å²) in [5.41, 5.74) is 1.23. The van der Waals surface area contributed by atoms with E-state index >= 15 is 0 Å². The molecule has 2 aliphatic heterocycles. The summed E-state index contributed by atoms with van der Waals surface area (Å²) in [5, 5.41) is 6.54. The van der Waals surface area contributed by atoms with Crippen LogP contribution in [0.3, 0.4) is 0 Å². The molecule has 0 saturated carbocycles. The summed E-state index contributed by atoms with van der Waals surface area (Å²) in [6, 6.07) is 8.17. The molecule has 0 bridgehead atoms. The number of piperidine rings is 1. The van der Waals surface area contributed by atoms with Gasteiger partial charge in [0.2, 0.25) is 5.91 Å². The van der Waals surface area contributed by atoms with E-state index in [9.17, 15) is 4.79 Å². The van der Waals surface area contributed by atoms with Crippen molar-refractivity contribution in [3.8, 4) is 5.75 Å². The van der Waals surface area contributed by atoms with Crippen LogP contribution in [0.15, 0.2) is 24.3 Å². The molecule has 0 spiro atoms. The van der Waals surface area contributed by atoms with Gasteiger partial charge in [0.15, 0.2) is 0 Å². The van der Waals surface area contributed by atoms with Gasteiger partial charge in [0.25, 0.3) is 0 Å². The van der Waals surface area contributed by atoms with Crippen LogP contribution in [-0.2, 0) is 4.79 Å². The molecule has 4 heteroatoms. The lowest BCUT2D eigenvalue weighted by Crippen LogP contribution is -2.35. The Labute approximate surface area is 139 Å². The molecule has 2 N–H and O–H groups in total. The highest BCUT2D eigenvalue weighted by Crippen LogP contribution is 2.32. The normalized spacial score (nSPS) is 22.7. The van der Waals surface area contributed by atoms with Gasteiger partial charge < -0.3 is 15.4 Å². The molecule has 2 atom stereocenters.